The van der Waals surface area contributed by atoms with Gasteiger partial charge < -0.3 is 10.1 Å². The van der Waals surface area contributed by atoms with Crippen molar-refractivity contribution in [1.82, 2.24) is 14.7 Å². The Kier molecular flexibility index (Phi) is 6.30. The van der Waals surface area contributed by atoms with E-state index >= 15 is 0 Å². The molecule has 0 aliphatic heterocycles. The second-order valence-corrected chi connectivity index (χ2v) is 9.76. The number of sulfonamides is 1. The summed E-state index contributed by atoms with van der Waals surface area (Å²) in [5.41, 5.74) is 0.657. The monoisotopic (exact) mass is 485 g/mol. The van der Waals surface area contributed by atoms with Crippen molar-refractivity contribution in [3.63, 3.8) is 0 Å². The topological polar surface area (TPSA) is 95.1 Å². The lowest BCUT2D eigenvalue weighted by Crippen LogP contribution is -2.33. The molecule has 3 N–H and O–H groups in total. The van der Waals surface area contributed by atoms with Gasteiger partial charge in [-0.15, -0.1) is 0 Å². The fraction of sp³-hybridized carbons (Fsp3) is 0.286. The van der Waals surface area contributed by atoms with E-state index in [-0.39, 0.29) is 21.4 Å². The number of aliphatic hydroxyl groups is 1. The lowest BCUT2D eigenvalue weighted by molar-refractivity contribution is 0.181. The first-order valence-corrected chi connectivity index (χ1v) is 11.7. The molecule has 1 aromatic heterocycles. The third kappa shape index (κ3) is 4.68. The van der Waals surface area contributed by atoms with Crippen molar-refractivity contribution in [2.75, 3.05) is 0 Å². The molecule has 1 heterocycles. The number of hydrogen-bond acceptors (Lipinski definition) is 4. The third-order valence-corrected chi connectivity index (χ3v) is 7.10. The van der Waals surface area contributed by atoms with Crippen LogP contribution in [0.5, 0.6) is 0 Å². The molecule has 4 rings (SSSR count). The summed E-state index contributed by atoms with van der Waals surface area (Å²) >= 11 is 5.91. The van der Waals surface area contributed by atoms with E-state index in [1.54, 1.807) is 0 Å². The van der Waals surface area contributed by atoms with E-state index in [1.807, 2.05) is 0 Å². The molecule has 0 radical (unpaired) electrons. The lowest BCUT2D eigenvalue weighted by atomic mass is 9.90. The summed E-state index contributed by atoms with van der Waals surface area (Å²) in [7, 11) is -4.00. The highest BCUT2D eigenvalue weighted by Gasteiger charge is 2.30. The third-order valence-electron chi connectivity index (χ3n) is 5.40. The number of nitrogens with one attached hydrogen (secondary N) is 2. The summed E-state index contributed by atoms with van der Waals surface area (Å²) in [6, 6.07) is 6.67. The summed E-state index contributed by atoms with van der Waals surface area (Å²) in [5, 5.41) is 9.15. The minimum Gasteiger partial charge on any atom is -0.393 e. The van der Waals surface area contributed by atoms with E-state index in [0.717, 1.165) is 18.2 Å². The van der Waals surface area contributed by atoms with Gasteiger partial charge in [0.15, 0.2) is 16.7 Å². The minimum absolute atomic E-state index is 0.116. The number of halogens is 4. The van der Waals surface area contributed by atoms with Gasteiger partial charge in [0.1, 0.15) is 11.6 Å². The van der Waals surface area contributed by atoms with Crippen molar-refractivity contribution in [3.05, 3.63) is 82.0 Å². The van der Waals surface area contributed by atoms with E-state index in [2.05, 4.69) is 14.7 Å². The average Bonchev–Trinajstić information content (AvgIpc) is 3.37. The first-order valence-electron chi connectivity index (χ1n) is 9.79. The minimum atomic E-state index is -4.00. The molecule has 2 aromatic carbocycles. The molecule has 32 heavy (non-hydrogen) atoms. The van der Waals surface area contributed by atoms with Gasteiger partial charge >= 0.3 is 0 Å². The quantitative estimate of drug-likeness (QED) is 0.494. The maximum atomic E-state index is 13.9. The molecule has 3 aromatic rings. The highest BCUT2D eigenvalue weighted by molar-refractivity contribution is 7.89. The van der Waals surface area contributed by atoms with E-state index in [0.29, 0.717) is 24.8 Å². The molecule has 6 nitrogen and oxygen atoms in total. The molecule has 1 fully saturated rings. The first-order chi connectivity index (χ1) is 15.1. The van der Waals surface area contributed by atoms with Crippen LogP contribution in [-0.4, -0.2) is 35.6 Å². The fourth-order valence-electron chi connectivity index (χ4n) is 3.84. The number of rotatable bonds is 6. The van der Waals surface area contributed by atoms with Gasteiger partial charge in [-0.2, -0.15) is 0 Å². The van der Waals surface area contributed by atoms with Gasteiger partial charge in [0.25, 0.3) is 10.0 Å². The van der Waals surface area contributed by atoms with Crippen LogP contribution in [0.2, 0.25) is 5.02 Å². The largest absolute Gasteiger partial charge is 0.393 e. The molecule has 1 aliphatic carbocycles. The van der Waals surface area contributed by atoms with Crippen LogP contribution in [0, 0.1) is 17.5 Å². The number of imidazole rings is 1. The van der Waals surface area contributed by atoms with Crippen molar-refractivity contribution >= 4 is 21.6 Å². The predicted molar refractivity (Wildman–Crippen MR) is 111 cm³/mol. The molecule has 1 saturated carbocycles. The average molecular weight is 486 g/mol. The van der Waals surface area contributed by atoms with Gasteiger partial charge in [0, 0.05) is 12.2 Å². The molecule has 1 aliphatic rings. The van der Waals surface area contributed by atoms with Crippen molar-refractivity contribution in [2.45, 2.75) is 42.4 Å². The van der Waals surface area contributed by atoms with Crippen molar-refractivity contribution in [3.8, 4) is 0 Å². The molecule has 0 amide bonds. The molecule has 0 saturated heterocycles. The number of aliphatic hydroxyl groups excluding tert-OH is 1. The maximum absolute atomic E-state index is 13.9. The molecule has 11 heteroatoms. The number of aromatic nitrogens is 2. The van der Waals surface area contributed by atoms with Crippen LogP contribution in [0.3, 0.4) is 0 Å². The zero-order valence-electron chi connectivity index (χ0n) is 16.5. The van der Waals surface area contributed by atoms with Crippen LogP contribution in [0.1, 0.15) is 42.1 Å². The summed E-state index contributed by atoms with van der Waals surface area (Å²) in [5.74, 6) is -3.56. The second-order valence-electron chi connectivity index (χ2n) is 7.69. The van der Waals surface area contributed by atoms with Gasteiger partial charge in [-0.3, -0.25) is 0 Å². The maximum Gasteiger partial charge on any atom is 0.259 e. The van der Waals surface area contributed by atoms with Gasteiger partial charge in [-0.1, -0.05) is 23.7 Å². The molecule has 170 valence electrons. The Balaban J connectivity index is 1.73. The summed E-state index contributed by atoms with van der Waals surface area (Å²) in [6.07, 6.45) is 1.94. The smallest absolute Gasteiger partial charge is 0.259 e. The Morgan fingerprint density at radius 1 is 1.06 bits per heavy atom. The summed E-state index contributed by atoms with van der Waals surface area (Å²) < 4.78 is 69.1. The van der Waals surface area contributed by atoms with Gasteiger partial charge in [-0.05, 0) is 54.7 Å². The standard InChI is InChI=1S/C21H19ClF3N3O3S/c22-15-7-11(1-5-16(15)23)20(12-2-6-17(24)18(25)8-12)21-26-10-19(27-21)32(30,31)28-13-3-4-14(29)9-13/h1-2,5-8,10,13-14,20,28-29H,3-4,9H2,(H,26,27). The zero-order chi connectivity index (χ0) is 23.0. The number of H-pyrrole nitrogens is 1. The Morgan fingerprint density at radius 3 is 2.38 bits per heavy atom. The SMILES string of the molecule is O=S(=O)(NC1CCC(O)C1)c1c[nH]c(C(c2ccc(F)c(F)c2)c2ccc(F)c(Cl)c2)n1. The lowest BCUT2D eigenvalue weighted by Gasteiger charge is -2.17. The molecular weight excluding hydrogens is 467 g/mol. The van der Waals surface area contributed by atoms with Crippen LogP contribution >= 0.6 is 11.6 Å². The number of benzene rings is 2. The molecular formula is C21H19ClF3N3O3S. The number of aromatic amines is 1. The Bertz CT molecular complexity index is 1200. The van der Waals surface area contributed by atoms with E-state index in [9.17, 15) is 26.7 Å². The van der Waals surface area contributed by atoms with Gasteiger partial charge in [0.2, 0.25) is 0 Å². The Hall–Kier alpha value is -2.40. The van der Waals surface area contributed by atoms with Gasteiger partial charge in [0.05, 0.1) is 17.0 Å². The summed E-state index contributed by atoms with van der Waals surface area (Å²) in [4.78, 5) is 6.96. The number of nitrogens with zero attached hydrogens (tertiary/aromatic N) is 1. The van der Waals surface area contributed by atoms with E-state index in [1.165, 1.54) is 24.4 Å². The normalized spacial score (nSPS) is 19.9. The van der Waals surface area contributed by atoms with E-state index in [4.69, 9.17) is 11.6 Å². The van der Waals surface area contributed by atoms with Crippen molar-refractivity contribution in [2.24, 2.45) is 0 Å². The van der Waals surface area contributed by atoms with E-state index < -0.39 is 45.5 Å². The Labute approximate surface area is 187 Å². The zero-order valence-corrected chi connectivity index (χ0v) is 18.1. The highest BCUT2D eigenvalue weighted by atomic mass is 35.5. The Morgan fingerprint density at radius 2 is 1.75 bits per heavy atom. The van der Waals surface area contributed by atoms with Crippen LogP contribution in [-0.2, 0) is 10.0 Å². The van der Waals surface area contributed by atoms with Crippen molar-refractivity contribution < 1.29 is 26.7 Å². The van der Waals surface area contributed by atoms with Crippen LogP contribution < -0.4 is 4.72 Å². The van der Waals surface area contributed by atoms with Crippen LogP contribution in [0.25, 0.3) is 0 Å². The summed E-state index contributed by atoms with van der Waals surface area (Å²) in [6.45, 7) is 0. The highest BCUT2D eigenvalue weighted by Crippen LogP contribution is 2.33. The molecule has 0 spiro atoms. The van der Waals surface area contributed by atoms with Crippen molar-refractivity contribution in [1.29, 1.82) is 0 Å². The molecule has 3 atom stereocenters. The first kappa shape index (κ1) is 22.8. The fourth-order valence-corrected chi connectivity index (χ4v) is 5.24. The molecule has 0 bridgehead atoms. The predicted octanol–water partition coefficient (Wildman–Crippen LogP) is 3.85. The number of hydrogen-bond donors (Lipinski definition) is 3. The van der Waals surface area contributed by atoms with Crippen LogP contribution in [0.4, 0.5) is 13.2 Å². The molecule has 3 unspecified atom stereocenters. The van der Waals surface area contributed by atoms with Gasteiger partial charge in [-0.25, -0.2) is 31.3 Å². The second kappa shape index (κ2) is 8.86. The van der Waals surface area contributed by atoms with Crippen LogP contribution in [0.15, 0.2) is 47.6 Å².